The van der Waals surface area contributed by atoms with Crippen LogP contribution in [0.1, 0.15) is 58.8 Å². The van der Waals surface area contributed by atoms with Crippen molar-refractivity contribution in [1.82, 2.24) is 16.0 Å². The maximum atomic E-state index is 12.9. The molecule has 0 saturated heterocycles. The summed E-state index contributed by atoms with van der Waals surface area (Å²) in [5.74, 6) is -7.01. The molecule has 0 saturated carbocycles. The molecule has 0 aliphatic heterocycles. The first-order valence-corrected chi connectivity index (χ1v) is 11.4. The number of hydrogen-bond acceptors (Lipinski definition) is 8. The van der Waals surface area contributed by atoms with Gasteiger partial charge in [-0.2, -0.15) is 0 Å². The van der Waals surface area contributed by atoms with Crippen LogP contribution in [-0.4, -0.2) is 81.7 Å². The first kappa shape index (κ1) is 31.7. The molecule has 200 valence electrons. The number of hydrogen-bond donors (Lipinski definition) is 8. The molecule has 10 N–H and O–H groups in total. The van der Waals surface area contributed by atoms with E-state index in [-0.39, 0.29) is 12.3 Å². The van der Waals surface area contributed by atoms with E-state index in [0.717, 1.165) is 0 Å². The number of amides is 3. The minimum atomic E-state index is -1.68. The molecule has 5 unspecified atom stereocenters. The van der Waals surface area contributed by atoms with Gasteiger partial charge < -0.3 is 42.7 Å². The Labute approximate surface area is 203 Å². The van der Waals surface area contributed by atoms with E-state index in [9.17, 15) is 33.9 Å². The monoisotopic (exact) mass is 503 g/mol. The van der Waals surface area contributed by atoms with Gasteiger partial charge in [-0.3, -0.25) is 24.0 Å². The number of rotatable bonds is 18. The Kier molecular flexibility index (Phi) is 14.9. The molecular formula is C21H37N5O9. The number of carbonyl (C=O) groups is 6. The van der Waals surface area contributed by atoms with Crippen LogP contribution in [0, 0.1) is 5.92 Å². The average molecular weight is 504 g/mol. The number of carboxylic acids is 3. The van der Waals surface area contributed by atoms with Crippen LogP contribution in [0.2, 0.25) is 0 Å². The number of unbranched alkanes of at least 4 members (excludes halogenated alkanes) is 1. The smallest absolute Gasteiger partial charge is 0.326 e. The zero-order chi connectivity index (χ0) is 27.1. The summed E-state index contributed by atoms with van der Waals surface area (Å²) in [6.07, 6.45) is -0.141. The first-order valence-electron chi connectivity index (χ1n) is 11.4. The van der Waals surface area contributed by atoms with Gasteiger partial charge in [-0.15, -0.1) is 0 Å². The van der Waals surface area contributed by atoms with Gasteiger partial charge >= 0.3 is 17.9 Å². The molecule has 0 aromatic carbocycles. The van der Waals surface area contributed by atoms with Crippen LogP contribution in [-0.2, 0) is 28.8 Å². The van der Waals surface area contributed by atoms with Crippen molar-refractivity contribution < 1.29 is 44.1 Å². The van der Waals surface area contributed by atoms with Crippen molar-refractivity contribution in [3.05, 3.63) is 0 Å². The quantitative estimate of drug-likeness (QED) is 0.0985. The summed E-state index contributed by atoms with van der Waals surface area (Å²) in [6, 6.07) is -5.33. The lowest BCUT2D eigenvalue weighted by Gasteiger charge is -2.25. The van der Waals surface area contributed by atoms with Crippen LogP contribution in [0.3, 0.4) is 0 Å². The predicted molar refractivity (Wildman–Crippen MR) is 123 cm³/mol. The largest absolute Gasteiger partial charge is 0.481 e. The normalized spacial score (nSPS) is 15.1. The van der Waals surface area contributed by atoms with Crippen LogP contribution in [0.5, 0.6) is 0 Å². The fraction of sp³-hybridized carbons (Fsp3) is 0.714. The van der Waals surface area contributed by atoms with Crippen molar-refractivity contribution in [2.75, 3.05) is 6.54 Å². The summed E-state index contributed by atoms with van der Waals surface area (Å²) in [5, 5.41) is 33.9. The van der Waals surface area contributed by atoms with Crippen LogP contribution in [0.15, 0.2) is 0 Å². The molecule has 0 rings (SSSR count). The number of nitrogens with one attached hydrogen (secondary N) is 3. The number of aliphatic carboxylic acids is 3. The molecule has 35 heavy (non-hydrogen) atoms. The van der Waals surface area contributed by atoms with Crippen LogP contribution in [0.25, 0.3) is 0 Å². The van der Waals surface area contributed by atoms with E-state index in [1.165, 1.54) is 0 Å². The summed E-state index contributed by atoms with van der Waals surface area (Å²) in [6.45, 7) is 3.95. The minimum Gasteiger partial charge on any atom is -0.481 e. The van der Waals surface area contributed by atoms with Gasteiger partial charge in [-0.25, -0.2) is 4.79 Å². The van der Waals surface area contributed by atoms with E-state index in [0.29, 0.717) is 25.8 Å². The molecule has 0 heterocycles. The zero-order valence-electron chi connectivity index (χ0n) is 20.0. The molecule has 0 fully saturated rings. The number of carboxylic acid groups (broad SMARTS) is 3. The Bertz CT molecular complexity index is 761. The summed E-state index contributed by atoms with van der Waals surface area (Å²) in [7, 11) is 0. The van der Waals surface area contributed by atoms with E-state index in [1.54, 1.807) is 6.92 Å². The fourth-order valence-electron chi connectivity index (χ4n) is 3.00. The summed E-state index contributed by atoms with van der Waals surface area (Å²) in [5.41, 5.74) is 11.4. The highest BCUT2D eigenvalue weighted by atomic mass is 16.4. The average Bonchev–Trinajstić information content (AvgIpc) is 2.78. The molecule has 0 aromatic heterocycles. The molecule has 0 aromatic rings. The Morgan fingerprint density at radius 3 is 1.80 bits per heavy atom. The molecule has 14 nitrogen and oxygen atoms in total. The lowest BCUT2D eigenvalue weighted by Crippen LogP contribution is -2.58. The van der Waals surface area contributed by atoms with Crippen LogP contribution in [0.4, 0.5) is 0 Å². The Balaban J connectivity index is 5.57. The number of carbonyl (C=O) groups excluding carboxylic acids is 3. The van der Waals surface area contributed by atoms with Crippen molar-refractivity contribution in [2.45, 2.75) is 83.0 Å². The molecule has 0 spiro atoms. The van der Waals surface area contributed by atoms with Gasteiger partial charge in [0.05, 0.1) is 12.5 Å². The van der Waals surface area contributed by atoms with Gasteiger partial charge in [-0.05, 0) is 38.1 Å². The van der Waals surface area contributed by atoms with Crippen molar-refractivity contribution in [3.63, 3.8) is 0 Å². The van der Waals surface area contributed by atoms with Gasteiger partial charge in [0.15, 0.2) is 0 Å². The van der Waals surface area contributed by atoms with Gasteiger partial charge in [0.2, 0.25) is 17.7 Å². The van der Waals surface area contributed by atoms with Crippen molar-refractivity contribution in [1.29, 1.82) is 0 Å². The van der Waals surface area contributed by atoms with E-state index in [2.05, 4.69) is 16.0 Å². The minimum absolute atomic E-state index is 0.139. The standard InChI is InChI=1S/C21H37N5O9/c1-3-11(2)17(23)20(33)24-12(6-4-5-9-22)18(31)26-14(10-16(29)30)19(32)25-13(21(34)35)7-8-15(27)28/h11-14,17H,3-10,22-23H2,1-2H3,(H,24,33)(H,25,32)(H,26,31)(H,27,28)(H,29,30)(H,34,35). The van der Waals surface area contributed by atoms with Gasteiger partial charge in [0, 0.05) is 6.42 Å². The zero-order valence-corrected chi connectivity index (χ0v) is 20.0. The second-order valence-electron chi connectivity index (χ2n) is 8.25. The summed E-state index contributed by atoms with van der Waals surface area (Å²) < 4.78 is 0. The second kappa shape index (κ2) is 16.4. The van der Waals surface area contributed by atoms with Crippen molar-refractivity contribution >= 4 is 35.6 Å². The third-order valence-corrected chi connectivity index (χ3v) is 5.41. The third kappa shape index (κ3) is 12.7. The van der Waals surface area contributed by atoms with E-state index in [4.69, 9.17) is 21.7 Å². The molecule has 0 aliphatic carbocycles. The molecule has 3 amide bonds. The second-order valence-corrected chi connectivity index (χ2v) is 8.25. The van der Waals surface area contributed by atoms with Gasteiger partial charge in [0.25, 0.3) is 0 Å². The van der Waals surface area contributed by atoms with E-state index in [1.807, 2.05) is 6.92 Å². The third-order valence-electron chi connectivity index (χ3n) is 5.41. The lowest BCUT2D eigenvalue weighted by atomic mass is 9.98. The topological polar surface area (TPSA) is 251 Å². The highest BCUT2D eigenvalue weighted by molar-refractivity contribution is 5.95. The number of nitrogens with two attached hydrogens (primary N) is 2. The maximum absolute atomic E-state index is 12.9. The fourth-order valence-corrected chi connectivity index (χ4v) is 3.00. The molecule has 0 aliphatic rings. The van der Waals surface area contributed by atoms with Gasteiger partial charge in [-0.1, -0.05) is 20.3 Å². The summed E-state index contributed by atoms with van der Waals surface area (Å²) >= 11 is 0. The first-order chi connectivity index (χ1) is 16.3. The lowest BCUT2D eigenvalue weighted by molar-refractivity contribution is -0.144. The van der Waals surface area contributed by atoms with Gasteiger partial charge in [0.1, 0.15) is 18.1 Å². The summed E-state index contributed by atoms with van der Waals surface area (Å²) in [4.78, 5) is 71.3. The molecular weight excluding hydrogens is 466 g/mol. The highest BCUT2D eigenvalue weighted by Gasteiger charge is 2.32. The molecule has 14 heteroatoms. The molecule has 5 atom stereocenters. The predicted octanol–water partition coefficient (Wildman–Crippen LogP) is -1.63. The maximum Gasteiger partial charge on any atom is 0.326 e. The Morgan fingerprint density at radius 1 is 0.771 bits per heavy atom. The van der Waals surface area contributed by atoms with E-state index < -0.39 is 79.1 Å². The van der Waals surface area contributed by atoms with Crippen molar-refractivity contribution in [3.8, 4) is 0 Å². The Morgan fingerprint density at radius 2 is 1.31 bits per heavy atom. The SMILES string of the molecule is CCC(C)C(N)C(=O)NC(CCCCN)C(=O)NC(CC(=O)O)C(=O)NC(CCC(=O)O)C(=O)O. The van der Waals surface area contributed by atoms with E-state index >= 15 is 0 Å². The molecule has 0 radical (unpaired) electrons. The van der Waals surface area contributed by atoms with Crippen molar-refractivity contribution in [2.24, 2.45) is 17.4 Å². The Hall–Kier alpha value is -3.26. The van der Waals surface area contributed by atoms with Crippen LogP contribution >= 0.6 is 0 Å². The highest BCUT2D eigenvalue weighted by Crippen LogP contribution is 2.08. The van der Waals surface area contributed by atoms with Crippen LogP contribution < -0.4 is 27.4 Å². The molecule has 0 bridgehead atoms.